The van der Waals surface area contributed by atoms with E-state index in [-0.39, 0.29) is 6.04 Å². The lowest BCUT2D eigenvalue weighted by molar-refractivity contribution is 0.319. The molecule has 2 heterocycles. The first-order chi connectivity index (χ1) is 8.36. The van der Waals surface area contributed by atoms with Gasteiger partial charge < -0.3 is 9.84 Å². The van der Waals surface area contributed by atoms with E-state index in [9.17, 15) is 0 Å². The van der Waals surface area contributed by atoms with Gasteiger partial charge in [-0.2, -0.15) is 4.98 Å². The predicted molar refractivity (Wildman–Crippen MR) is 63.4 cm³/mol. The van der Waals surface area contributed by atoms with Crippen molar-refractivity contribution in [3.63, 3.8) is 0 Å². The van der Waals surface area contributed by atoms with E-state index < -0.39 is 0 Å². The van der Waals surface area contributed by atoms with Gasteiger partial charge in [0.1, 0.15) is 0 Å². The van der Waals surface area contributed by atoms with Crippen LogP contribution in [0.3, 0.4) is 0 Å². The fourth-order valence-corrected chi connectivity index (χ4v) is 2.18. The molecule has 0 radical (unpaired) electrons. The summed E-state index contributed by atoms with van der Waals surface area (Å²) in [5, 5.41) is 7.37. The van der Waals surface area contributed by atoms with Crippen LogP contribution in [0.4, 0.5) is 0 Å². The monoisotopic (exact) mass is 229 g/mol. The van der Waals surface area contributed by atoms with Crippen molar-refractivity contribution in [2.45, 2.75) is 32.4 Å². The topological polar surface area (TPSA) is 51.0 Å². The molecule has 1 aliphatic heterocycles. The van der Waals surface area contributed by atoms with Crippen molar-refractivity contribution < 1.29 is 4.52 Å². The van der Waals surface area contributed by atoms with Crippen LogP contribution >= 0.6 is 0 Å². The minimum atomic E-state index is 0.151. The molecule has 0 saturated heterocycles. The van der Waals surface area contributed by atoms with Crippen LogP contribution in [0.2, 0.25) is 0 Å². The van der Waals surface area contributed by atoms with Crippen molar-refractivity contribution in [3.8, 4) is 0 Å². The summed E-state index contributed by atoms with van der Waals surface area (Å²) in [5.41, 5.74) is 2.73. The number of nitrogens with zero attached hydrogens (tertiary/aromatic N) is 2. The van der Waals surface area contributed by atoms with Crippen LogP contribution < -0.4 is 5.32 Å². The van der Waals surface area contributed by atoms with Gasteiger partial charge in [-0.25, -0.2) is 0 Å². The summed E-state index contributed by atoms with van der Waals surface area (Å²) in [6.45, 7) is 2.89. The second-order valence-electron chi connectivity index (χ2n) is 4.31. The number of rotatable bonds is 2. The molecule has 0 unspecified atom stereocenters. The molecule has 88 valence electrons. The number of aryl methyl sites for hydroxylation is 1. The molecule has 4 nitrogen and oxygen atoms in total. The van der Waals surface area contributed by atoms with Crippen LogP contribution in [-0.4, -0.2) is 10.1 Å². The normalized spacial score (nSPS) is 19.0. The number of hydrogen-bond donors (Lipinski definition) is 1. The number of hydrogen-bond acceptors (Lipinski definition) is 4. The highest BCUT2D eigenvalue weighted by molar-refractivity contribution is 5.30. The minimum Gasteiger partial charge on any atom is -0.338 e. The Morgan fingerprint density at radius 3 is 2.94 bits per heavy atom. The summed E-state index contributed by atoms with van der Waals surface area (Å²) in [6.07, 6.45) is 1.73. The Bertz CT molecular complexity index is 521. The van der Waals surface area contributed by atoms with Crippen molar-refractivity contribution in [3.05, 3.63) is 47.1 Å². The van der Waals surface area contributed by atoms with Crippen molar-refractivity contribution in [2.75, 3.05) is 0 Å². The fraction of sp³-hybridized carbons (Fsp3) is 0.385. The molecule has 1 aliphatic rings. The second-order valence-corrected chi connectivity index (χ2v) is 4.31. The first-order valence-corrected chi connectivity index (χ1v) is 5.99. The summed E-state index contributed by atoms with van der Waals surface area (Å²) in [7, 11) is 0. The van der Waals surface area contributed by atoms with Crippen LogP contribution in [0.1, 0.15) is 35.8 Å². The average Bonchev–Trinajstić information content (AvgIpc) is 2.87. The van der Waals surface area contributed by atoms with Gasteiger partial charge in [-0.1, -0.05) is 36.3 Å². The van der Waals surface area contributed by atoms with Gasteiger partial charge in [0.15, 0.2) is 5.82 Å². The molecule has 0 spiro atoms. The number of nitrogens with one attached hydrogen (secondary N) is 1. The molecule has 3 rings (SSSR count). The standard InChI is InChI=1S/C13H15N3O/c1-2-12-15-13(17-16-12)11-7-9-5-3-4-6-10(9)8-14-11/h3-6,11,14H,2,7-8H2,1H3/t11-/m1/s1. The zero-order valence-corrected chi connectivity index (χ0v) is 9.81. The van der Waals surface area contributed by atoms with E-state index in [0.29, 0.717) is 5.89 Å². The Labute approximate surface area is 100 Å². The third-order valence-corrected chi connectivity index (χ3v) is 3.18. The molecular weight excluding hydrogens is 214 g/mol. The van der Waals surface area contributed by atoms with Crippen LogP contribution in [-0.2, 0) is 19.4 Å². The summed E-state index contributed by atoms with van der Waals surface area (Å²) in [5.74, 6) is 1.48. The van der Waals surface area contributed by atoms with E-state index in [4.69, 9.17) is 4.52 Å². The predicted octanol–water partition coefficient (Wildman–Crippen LogP) is 2.02. The van der Waals surface area contributed by atoms with E-state index in [1.807, 2.05) is 6.92 Å². The minimum absolute atomic E-state index is 0.151. The molecule has 1 atom stereocenters. The molecule has 1 aromatic heterocycles. The fourth-order valence-electron chi connectivity index (χ4n) is 2.18. The Hall–Kier alpha value is -1.68. The van der Waals surface area contributed by atoms with Crippen LogP contribution in [0.15, 0.2) is 28.8 Å². The van der Waals surface area contributed by atoms with Crippen LogP contribution in [0.25, 0.3) is 0 Å². The van der Waals surface area contributed by atoms with Gasteiger partial charge in [0, 0.05) is 13.0 Å². The molecule has 17 heavy (non-hydrogen) atoms. The van der Waals surface area contributed by atoms with E-state index in [1.54, 1.807) is 0 Å². The number of aromatic nitrogens is 2. The first kappa shape index (κ1) is 10.5. The Morgan fingerprint density at radius 2 is 2.18 bits per heavy atom. The molecule has 1 N–H and O–H groups in total. The largest absolute Gasteiger partial charge is 0.338 e. The molecule has 4 heteroatoms. The Morgan fingerprint density at radius 1 is 1.35 bits per heavy atom. The first-order valence-electron chi connectivity index (χ1n) is 5.99. The summed E-state index contributed by atoms with van der Waals surface area (Å²) in [6, 6.07) is 8.62. The summed E-state index contributed by atoms with van der Waals surface area (Å²) >= 11 is 0. The summed E-state index contributed by atoms with van der Waals surface area (Å²) in [4.78, 5) is 4.39. The highest BCUT2D eigenvalue weighted by Gasteiger charge is 2.23. The van der Waals surface area contributed by atoms with Crippen molar-refractivity contribution in [1.29, 1.82) is 0 Å². The van der Waals surface area contributed by atoms with Crippen molar-refractivity contribution in [1.82, 2.24) is 15.5 Å². The van der Waals surface area contributed by atoms with Crippen molar-refractivity contribution >= 4 is 0 Å². The Balaban J connectivity index is 1.84. The van der Waals surface area contributed by atoms with E-state index in [1.165, 1.54) is 11.1 Å². The number of benzene rings is 1. The van der Waals surface area contributed by atoms with E-state index in [2.05, 4.69) is 39.7 Å². The van der Waals surface area contributed by atoms with Gasteiger partial charge in [-0.15, -0.1) is 0 Å². The Kier molecular flexibility index (Phi) is 2.65. The maximum absolute atomic E-state index is 5.29. The molecule has 0 bridgehead atoms. The highest BCUT2D eigenvalue weighted by Crippen LogP contribution is 2.24. The van der Waals surface area contributed by atoms with Crippen molar-refractivity contribution in [2.24, 2.45) is 0 Å². The molecule has 0 fully saturated rings. The SMILES string of the molecule is CCc1noc([C@H]2Cc3ccccc3CN2)n1. The van der Waals surface area contributed by atoms with E-state index >= 15 is 0 Å². The third-order valence-electron chi connectivity index (χ3n) is 3.18. The van der Waals surface area contributed by atoms with Gasteiger partial charge in [-0.3, -0.25) is 0 Å². The molecule has 0 amide bonds. The van der Waals surface area contributed by atoms with Gasteiger partial charge in [0.25, 0.3) is 0 Å². The molecule has 0 aliphatic carbocycles. The lowest BCUT2D eigenvalue weighted by Gasteiger charge is -2.23. The maximum Gasteiger partial charge on any atom is 0.244 e. The molecule has 2 aromatic rings. The molecule has 0 saturated carbocycles. The van der Waals surface area contributed by atoms with Gasteiger partial charge >= 0.3 is 0 Å². The molecular formula is C13H15N3O. The second kappa shape index (κ2) is 4.30. The highest BCUT2D eigenvalue weighted by atomic mass is 16.5. The van der Waals surface area contributed by atoms with Crippen LogP contribution in [0.5, 0.6) is 0 Å². The number of fused-ring (bicyclic) bond motifs is 1. The summed E-state index contributed by atoms with van der Waals surface area (Å²) < 4.78 is 5.29. The molecule has 1 aromatic carbocycles. The lowest BCUT2D eigenvalue weighted by atomic mass is 9.96. The average molecular weight is 229 g/mol. The van der Waals surface area contributed by atoms with Gasteiger partial charge in [-0.05, 0) is 17.5 Å². The van der Waals surface area contributed by atoms with Gasteiger partial charge in [0.05, 0.1) is 6.04 Å². The third kappa shape index (κ3) is 1.96. The quantitative estimate of drug-likeness (QED) is 0.856. The zero-order chi connectivity index (χ0) is 11.7. The lowest BCUT2D eigenvalue weighted by Crippen LogP contribution is -2.28. The van der Waals surface area contributed by atoms with E-state index in [0.717, 1.165) is 25.2 Å². The smallest absolute Gasteiger partial charge is 0.244 e. The maximum atomic E-state index is 5.29. The zero-order valence-electron chi connectivity index (χ0n) is 9.81. The van der Waals surface area contributed by atoms with Crippen LogP contribution in [0, 0.1) is 0 Å². The van der Waals surface area contributed by atoms with Gasteiger partial charge in [0.2, 0.25) is 5.89 Å².